The molecule has 1 aliphatic heterocycles. The van der Waals surface area contributed by atoms with Gasteiger partial charge in [0, 0.05) is 11.6 Å². The lowest BCUT2D eigenvalue weighted by atomic mass is 9.82. The lowest BCUT2D eigenvalue weighted by Crippen LogP contribution is -2.21. The van der Waals surface area contributed by atoms with Crippen LogP contribution in [0.1, 0.15) is 17.0 Å². The molecule has 30 heavy (non-hydrogen) atoms. The topological polar surface area (TPSA) is 140 Å². The second-order valence-corrected chi connectivity index (χ2v) is 6.81. The molecule has 2 heterocycles. The summed E-state index contributed by atoms with van der Waals surface area (Å²) in [6.07, 6.45) is 0. The molecule has 1 aliphatic rings. The van der Waals surface area contributed by atoms with Gasteiger partial charge in [-0.3, -0.25) is 15.2 Å². The zero-order chi connectivity index (χ0) is 21.4. The minimum Gasteiger partial charge on any atom is -0.497 e. The number of nitrogens with zero attached hydrogens (tertiary/aromatic N) is 3. The summed E-state index contributed by atoms with van der Waals surface area (Å²) in [4.78, 5) is 11.2. The average Bonchev–Trinajstić information content (AvgIpc) is 3.16. The van der Waals surface area contributed by atoms with Crippen LogP contribution < -0.4 is 15.2 Å². The summed E-state index contributed by atoms with van der Waals surface area (Å²) in [7, 11) is 1.54. The third-order valence-corrected chi connectivity index (χ3v) is 5.14. The first kappa shape index (κ1) is 19.3. The van der Waals surface area contributed by atoms with Crippen molar-refractivity contribution in [1.29, 1.82) is 5.26 Å². The molecule has 0 saturated heterocycles. The number of aromatic nitrogens is 2. The first-order valence-corrected chi connectivity index (χ1v) is 9.07. The highest BCUT2D eigenvalue weighted by atomic mass is 35.5. The number of benzene rings is 2. The number of hydrogen-bond donors (Lipinski definition) is 2. The number of nitrogens with one attached hydrogen (secondary N) is 1. The van der Waals surface area contributed by atoms with Crippen LogP contribution in [0.5, 0.6) is 11.6 Å². The number of rotatable bonds is 4. The summed E-state index contributed by atoms with van der Waals surface area (Å²) < 4.78 is 10.8. The number of nitro benzene ring substituents is 1. The van der Waals surface area contributed by atoms with Gasteiger partial charge >= 0.3 is 0 Å². The summed E-state index contributed by atoms with van der Waals surface area (Å²) in [6, 6.07) is 13.5. The molecule has 0 amide bonds. The molecule has 10 heteroatoms. The molecule has 3 N–H and O–H groups in total. The summed E-state index contributed by atoms with van der Waals surface area (Å²) in [5.41, 5.74) is 7.46. The minimum atomic E-state index is -0.951. The number of nitriles is 1. The van der Waals surface area contributed by atoms with Crippen LogP contribution >= 0.6 is 11.6 Å². The van der Waals surface area contributed by atoms with Gasteiger partial charge in [0.25, 0.3) is 5.69 Å². The number of nitro groups is 1. The van der Waals surface area contributed by atoms with E-state index >= 15 is 0 Å². The van der Waals surface area contributed by atoms with Crippen LogP contribution in [0.3, 0.4) is 0 Å². The van der Waals surface area contributed by atoms with Crippen molar-refractivity contribution in [3.8, 4) is 29.0 Å². The summed E-state index contributed by atoms with van der Waals surface area (Å²) in [5, 5.41) is 28.7. The van der Waals surface area contributed by atoms with E-state index in [1.165, 1.54) is 25.3 Å². The smallest absolute Gasteiger partial charge is 0.275 e. The SMILES string of the molecule is COc1cccc(-c2[nH]nc3c2C(c2c(Cl)cccc2[N+](=O)[O-])C(C#N)=C(N)O3)c1. The molecule has 0 saturated carbocycles. The Morgan fingerprint density at radius 1 is 1.33 bits per heavy atom. The van der Waals surface area contributed by atoms with Crippen LogP contribution in [0, 0.1) is 21.4 Å². The monoisotopic (exact) mass is 423 g/mol. The Bertz CT molecular complexity index is 1240. The second-order valence-electron chi connectivity index (χ2n) is 6.40. The number of hydrogen-bond acceptors (Lipinski definition) is 7. The third kappa shape index (κ3) is 3.00. The van der Waals surface area contributed by atoms with Crippen molar-refractivity contribution in [2.75, 3.05) is 7.11 Å². The molecule has 0 radical (unpaired) electrons. The lowest BCUT2D eigenvalue weighted by molar-refractivity contribution is -0.385. The van der Waals surface area contributed by atoms with E-state index in [1.807, 2.05) is 12.1 Å². The number of halogens is 1. The number of ether oxygens (including phenoxy) is 2. The Hall–Kier alpha value is -4.03. The molecule has 1 aromatic heterocycles. The van der Waals surface area contributed by atoms with E-state index in [4.69, 9.17) is 26.8 Å². The maximum atomic E-state index is 11.7. The van der Waals surface area contributed by atoms with Crippen LogP contribution in [0.4, 0.5) is 5.69 Å². The van der Waals surface area contributed by atoms with Gasteiger partial charge in [-0.05, 0) is 18.2 Å². The lowest BCUT2D eigenvalue weighted by Gasteiger charge is -2.24. The molecule has 9 nitrogen and oxygen atoms in total. The van der Waals surface area contributed by atoms with E-state index in [0.717, 1.165) is 0 Å². The van der Waals surface area contributed by atoms with Crippen molar-refractivity contribution in [1.82, 2.24) is 10.2 Å². The van der Waals surface area contributed by atoms with Crippen molar-refractivity contribution in [3.05, 3.63) is 80.2 Å². The van der Waals surface area contributed by atoms with E-state index in [1.54, 1.807) is 18.2 Å². The van der Waals surface area contributed by atoms with Gasteiger partial charge in [-0.2, -0.15) is 5.26 Å². The van der Waals surface area contributed by atoms with Crippen LogP contribution in [0.2, 0.25) is 5.02 Å². The first-order chi connectivity index (χ1) is 14.5. The molecular weight excluding hydrogens is 410 g/mol. The van der Waals surface area contributed by atoms with Crippen molar-refractivity contribution >= 4 is 17.3 Å². The van der Waals surface area contributed by atoms with Crippen molar-refractivity contribution in [2.45, 2.75) is 5.92 Å². The highest BCUT2D eigenvalue weighted by Crippen LogP contribution is 2.49. The minimum absolute atomic E-state index is 0.00393. The molecule has 4 rings (SSSR count). The molecule has 0 aliphatic carbocycles. The summed E-state index contributed by atoms with van der Waals surface area (Å²) >= 11 is 6.39. The average molecular weight is 424 g/mol. The van der Waals surface area contributed by atoms with Crippen molar-refractivity contribution in [3.63, 3.8) is 0 Å². The van der Waals surface area contributed by atoms with Gasteiger partial charge in [-0.1, -0.05) is 29.8 Å². The molecular formula is C20H14ClN5O4. The second kappa shape index (κ2) is 7.42. The zero-order valence-corrected chi connectivity index (χ0v) is 16.3. The molecule has 3 aromatic rings. The zero-order valence-electron chi connectivity index (χ0n) is 15.5. The predicted molar refractivity (Wildman–Crippen MR) is 108 cm³/mol. The third-order valence-electron chi connectivity index (χ3n) is 4.81. The fourth-order valence-corrected chi connectivity index (χ4v) is 3.78. The molecule has 0 spiro atoms. The van der Waals surface area contributed by atoms with Crippen LogP contribution in [-0.2, 0) is 0 Å². The molecule has 0 fully saturated rings. The predicted octanol–water partition coefficient (Wildman–Crippen LogP) is 3.87. The fraction of sp³-hybridized carbons (Fsp3) is 0.100. The summed E-state index contributed by atoms with van der Waals surface area (Å²) in [5.74, 6) is -0.423. The number of allylic oxidation sites excluding steroid dienone is 1. The van der Waals surface area contributed by atoms with Crippen molar-refractivity contribution < 1.29 is 14.4 Å². The van der Waals surface area contributed by atoms with Crippen LogP contribution in [-0.4, -0.2) is 22.2 Å². The van der Waals surface area contributed by atoms with E-state index in [2.05, 4.69) is 10.2 Å². The Labute approximate surface area is 175 Å². The Balaban J connectivity index is 2.03. The van der Waals surface area contributed by atoms with Crippen molar-refractivity contribution in [2.24, 2.45) is 5.73 Å². The molecule has 1 atom stereocenters. The van der Waals surface area contributed by atoms with Gasteiger partial charge in [0.2, 0.25) is 11.8 Å². The summed E-state index contributed by atoms with van der Waals surface area (Å²) in [6.45, 7) is 0. The first-order valence-electron chi connectivity index (χ1n) is 8.69. The van der Waals surface area contributed by atoms with Gasteiger partial charge in [-0.25, -0.2) is 0 Å². The molecule has 0 bridgehead atoms. The van der Waals surface area contributed by atoms with E-state index in [-0.39, 0.29) is 33.6 Å². The molecule has 1 unspecified atom stereocenters. The maximum Gasteiger partial charge on any atom is 0.275 e. The van der Waals surface area contributed by atoms with E-state index in [9.17, 15) is 15.4 Å². The van der Waals surface area contributed by atoms with Gasteiger partial charge in [0.05, 0.1) is 39.8 Å². The van der Waals surface area contributed by atoms with Gasteiger partial charge in [0.15, 0.2) is 0 Å². The Morgan fingerprint density at radius 3 is 2.80 bits per heavy atom. The van der Waals surface area contributed by atoms with Crippen LogP contribution in [0.25, 0.3) is 11.3 Å². The maximum absolute atomic E-state index is 11.7. The molecule has 2 aromatic carbocycles. The van der Waals surface area contributed by atoms with E-state index in [0.29, 0.717) is 22.6 Å². The largest absolute Gasteiger partial charge is 0.497 e. The number of aromatic amines is 1. The standard InChI is InChI=1S/C20H14ClN5O4/c1-29-11-5-2-4-10(8-11)18-17-15(12(9-22)19(23)30-20(17)25-24-18)16-13(21)6-3-7-14(16)26(27)28/h2-8,15H,23H2,1H3,(H,24,25). The quantitative estimate of drug-likeness (QED) is 0.479. The number of nitrogens with two attached hydrogens (primary N) is 1. The highest BCUT2D eigenvalue weighted by molar-refractivity contribution is 6.31. The number of methoxy groups -OCH3 is 1. The Morgan fingerprint density at radius 2 is 2.10 bits per heavy atom. The van der Waals surface area contributed by atoms with E-state index < -0.39 is 10.8 Å². The molecule has 150 valence electrons. The number of H-pyrrole nitrogens is 1. The van der Waals surface area contributed by atoms with Crippen LogP contribution in [0.15, 0.2) is 53.9 Å². The van der Waals surface area contributed by atoms with Gasteiger partial charge < -0.3 is 15.2 Å². The highest BCUT2D eigenvalue weighted by Gasteiger charge is 2.40. The van der Waals surface area contributed by atoms with Gasteiger partial charge in [0.1, 0.15) is 17.4 Å². The van der Waals surface area contributed by atoms with Gasteiger partial charge in [-0.15, -0.1) is 5.10 Å². The normalized spacial score (nSPS) is 15.2. The fourth-order valence-electron chi connectivity index (χ4n) is 3.50. The number of fused-ring (bicyclic) bond motifs is 1. The Kier molecular flexibility index (Phi) is 4.77.